The summed E-state index contributed by atoms with van der Waals surface area (Å²) in [4.78, 5) is 2.47. The van der Waals surface area contributed by atoms with E-state index in [0.29, 0.717) is 6.54 Å². The predicted octanol–water partition coefficient (Wildman–Crippen LogP) is 6.43. The Kier molecular flexibility index (Phi) is 7.43. The lowest BCUT2D eigenvalue weighted by Crippen LogP contribution is -2.51. The van der Waals surface area contributed by atoms with Crippen LogP contribution >= 0.6 is 24.8 Å². The molecule has 2 nitrogen and oxygen atoms in total. The maximum atomic E-state index is 6.64. The van der Waals surface area contributed by atoms with Crippen molar-refractivity contribution in [3.8, 4) is 11.1 Å². The lowest BCUT2D eigenvalue weighted by Gasteiger charge is -2.46. The van der Waals surface area contributed by atoms with E-state index in [0.717, 1.165) is 0 Å². The van der Waals surface area contributed by atoms with Gasteiger partial charge in [0.15, 0.2) is 0 Å². The third-order valence-corrected chi connectivity index (χ3v) is 6.59. The number of halogens is 2. The molecule has 0 saturated carbocycles. The fourth-order valence-corrected chi connectivity index (χ4v) is 5.15. The Labute approximate surface area is 202 Å². The van der Waals surface area contributed by atoms with E-state index in [2.05, 4.69) is 121 Å². The Balaban J connectivity index is 0.00000144. The van der Waals surface area contributed by atoms with Crippen molar-refractivity contribution in [2.75, 3.05) is 13.6 Å². The molecule has 0 spiro atoms. The van der Waals surface area contributed by atoms with E-state index in [1.165, 1.54) is 33.4 Å². The number of benzene rings is 4. The van der Waals surface area contributed by atoms with Gasteiger partial charge in [0.1, 0.15) is 0 Å². The highest BCUT2D eigenvalue weighted by molar-refractivity contribution is 5.85. The smallest absolute Gasteiger partial charge is 0.0845 e. The lowest BCUT2D eigenvalue weighted by molar-refractivity contribution is 0.131. The van der Waals surface area contributed by atoms with Crippen LogP contribution in [0.1, 0.15) is 28.3 Å². The summed E-state index contributed by atoms with van der Waals surface area (Å²) in [5.74, 6) is 0. The molecule has 0 aromatic heterocycles. The largest absolute Gasteiger partial charge is 0.328 e. The molecular formula is C28H28Cl2N2. The van der Waals surface area contributed by atoms with Crippen LogP contribution < -0.4 is 5.73 Å². The van der Waals surface area contributed by atoms with Gasteiger partial charge in [-0.05, 0) is 40.4 Å². The molecule has 0 bridgehead atoms. The second-order valence-electron chi connectivity index (χ2n) is 7.98. The fraction of sp³-hybridized carbons (Fsp3) is 0.143. The van der Waals surface area contributed by atoms with Gasteiger partial charge in [0.05, 0.1) is 11.6 Å². The zero-order valence-corrected chi connectivity index (χ0v) is 19.7. The SMILES string of the molecule is CN(C1c2ccccc2-c2ccccc21)C(CN)(c1ccccc1)c1ccccc1.Cl.Cl. The van der Waals surface area contributed by atoms with Crippen molar-refractivity contribution in [1.82, 2.24) is 4.90 Å². The summed E-state index contributed by atoms with van der Waals surface area (Å²) < 4.78 is 0. The number of nitrogens with two attached hydrogens (primary N) is 1. The first kappa shape index (κ1) is 24.0. The first-order valence-electron chi connectivity index (χ1n) is 10.5. The van der Waals surface area contributed by atoms with Crippen LogP contribution in [0.2, 0.25) is 0 Å². The minimum atomic E-state index is -0.447. The number of hydrogen-bond donors (Lipinski definition) is 1. The Morgan fingerprint density at radius 1 is 0.625 bits per heavy atom. The Morgan fingerprint density at radius 2 is 1.00 bits per heavy atom. The van der Waals surface area contributed by atoms with Crippen LogP contribution in [0.15, 0.2) is 109 Å². The average molecular weight is 463 g/mol. The van der Waals surface area contributed by atoms with Gasteiger partial charge in [-0.3, -0.25) is 4.90 Å². The maximum Gasteiger partial charge on any atom is 0.0845 e. The first-order valence-corrected chi connectivity index (χ1v) is 10.5. The zero-order chi connectivity index (χ0) is 20.6. The highest BCUT2D eigenvalue weighted by atomic mass is 35.5. The standard InChI is InChI=1S/C28H26N2.2ClH/c1-30(27-25-18-10-8-16-23(25)24-17-9-11-19-26(24)27)28(20-29,21-12-4-2-5-13-21)22-14-6-3-7-15-22;;/h2-19,27H,20,29H2,1H3;2*1H. The quantitative estimate of drug-likeness (QED) is 0.369. The van der Waals surface area contributed by atoms with Gasteiger partial charge in [0.2, 0.25) is 0 Å². The number of rotatable bonds is 5. The third kappa shape index (κ3) is 3.64. The number of hydrogen-bond acceptors (Lipinski definition) is 2. The van der Waals surface area contributed by atoms with Crippen LogP contribution in [0.3, 0.4) is 0 Å². The molecular weight excluding hydrogens is 435 g/mol. The molecule has 0 saturated heterocycles. The van der Waals surface area contributed by atoms with Gasteiger partial charge in [0, 0.05) is 6.54 Å². The summed E-state index contributed by atoms with van der Waals surface area (Å²) in [6.07, 6.45) is 0. The molecule has 32 heavy (non-hydrogen) atoms. The van der Waals surface area contributed by atoms with Crippen molar-refractivity contribution in [2.24, 2.45) is 5.73 Å². The molecule has 1 aliphatic rings. The molecule has 0 fully saturated rings. The van der Waals surface area contributed by atoms with Crippen molar-refractivity contribution < 1.29 is 0 Å². The predicted molar refractivity (Wildman–Crippen MR) is 139 cm³/mol. The second-order valence-corrected chi connectivity index (χ2v) is 7.98. The van der Waals surface area contributed by atoms with Crippen molar-refractivity contribution in [1.29, 1.82) is 0 Å². The van der Waals surface area contributed by atoms with E-state index in [1.54, 1.807) is 0 Å². The van der Waals surface area contributed by atoms with E-state index >= 15 is 0 Å². The second kappa shape index (κ2) is 9.89. The van der Waals surface area contributed by atoms with Crippen LogP contribution in [0, 0.1) is 0 Å². The van der Waals surface area contributed by atoms with Crippen molar-refractivity contribution in [2.45, 2.75) is 11.6 Å². The van der Waals surface area contributed by atoms with Gasteiger partial charge in [-0.1, -0.05) is 109 Å². The Bertz CT molecular complexity index is 1080. The molecule has 164 valence electrons. The third-order valence-electron chi connectivity index (χ3n) is 6.59. The monoisotopic (exact) mass is 462 g/mol. The van der Waals surface area contributed by atoms with Crippen LogP contribution in [-0.4, -0.2) is 18.5 Å². The summed E-state index contributed by atoms with van der Waals surface area (Å²) >= 11 is 0. The number of fused-ring (bicyclic) bond motifs is 3. The highest BCUT2D eigenvalue weighted by Gasteiger charge is 2.44. The molecule has 1 aliphatic carbocycles. The van der Waals surface area contributed by atoms with E-state index in [4.69, 9.17) is 5.73 Å². The number of nitrogens with zero attached hydrogens (tertiary/aromatic N) is 1. The maximum absolute atomic E-state index is 6.64. The van der Waals surface area contributed by atoms with Crippen molar-refractivity contribution in [3.63, 3.8) is 0 Å². The van der Waals surface area contributed by atoms with Gasteiger partial charge in [-0.15, -0.1) is 24.8 Å². The van der Waals surface area contributed by atoms with E-state index in [1.807, 2.05) is 0 Å². The molecule has 4 aromatic rings. The minimum absolute atomic E-state index is 0. The topological polar surface area (TPSA) is 29.3 Å². The highest BCUT2D eigenvalue weighted by Crippen LogP contribution is 2.50. The zero-order valence-electron chi connectivity index (χ0n) is 18.0. The summed E-state index contributed by atoms with van der Waals surface area (Å²) in [6, 6.07) is 39.0. The molecule has 0 heterocycles. The minimum Gasteiger partial charge on any atom is -0.328 e. The molecule has 0 aliphatic heterocycles. The van der Waals surface area contributed by atoms with Crippen molar-refractivity contribution in [3.05, 3.63) is 131 Å². The molecule has 0 radical (unpaired) electrons. The Hall–Kier alpha value is -2.62. The Morgan fingerprint density at radius 3 is 1.41 bits per heavy atom. The average Bonchev–Trinajstić information content (AvgIpc) is 3.16. The summed E-state index contributed by atoms with van der Waals surface area (Å²) in [5, 5.41) is 0. The van der Waals surface area contributed by atoms with Gasteiger partial charge >= 0.3 is 0 Å². The summed E-state index contributed by atoms with van der Waals surface area (Å²) in [7, 11) is 2.22. The fourth-order valence-electron chi connectivity index (χ4n) is 5.15. The molecule has 0 atom stereocenters. The van der Waals surface area contributed by atoms with Crippen LogP contribution in [-0.2, 0) is 5.54 Å². The van der Waals surface area contributed by atoms with Gasteiger partial charge < -0.3 is 5.73 Å². The summed E-state index contributed by atoms with van der Waals surface area (Å²) in [5.41, 5.74) is 13.9. The summed E-state index contributed by atoms with van der Waals surface area (Å²) in [6.45, 7) is 0.484. The number of likely N-dealkylation sites (N-methyl/N-ethyl adjacent to an activating group) is 1. The molecule has 0 unspecified atom stereocenters. The van der Waals surface area contributed by atoms with E-state index in [9.17, 15) is 0 Å². The van der Waals surface area contributed by atoms with Crippen molar-refractivity contribution >= 4 is 24.8 Å². The first-order chi connectivity index (χ1) is 14.8. The van der Waals surface area contributed by atoms with Crippen LogP contribution in [0.4, 0.5) is 0 Å². The lowest BCUT2D eigenvalue weighted by atomic mass is 9.79. The van der Waals surface area contributed by atoms with E-state index < -0.39 is 5.54 Å². The van der Waals surface area contributed by atoms with Gasteiger partial charge in [-0.2, -0.15) is 0 Å². The van der Waals surface area contributed by atoms with Gasteiger partial charge in [-0.25, -0.2) is 0 Å². The van der Waals surface area contributed by atoms with Gasteiger partial charge in [0.25, 0.3) is 0 Å². The van der Waals surface area contributed by atoms with Crippen LogP contribution in [0.5, 0.6) is 0 Å². The normalized spacial score (nSPS) is 12.5. The molecule has 0 amide bonds. The van der Waals surface area contributed by atoms with E-state index in [-0.39, 0.29) is 30.9 Å². The molecule has 4 heteroatoms. The molecule has 5 rings (SSSR count). The van der Waals surface area contributed by atoms with Crippen LogP contribution in [0.25, 0.3) is 11.1 Å². The molecule has 2 N–H and O–H groups in total. The molecule has 4 aromatic carbocycles.